The van der Waals surface area contributed by atoms with E-state index >= 15 is 0 Å². The number of rotatable bonds is 2. The molecule has 2 rings (SSSR count). The van der Waals surface area contributed by atoms with Gasteiger partial charge in [0, 0.05) is 29.5 Å². The first-order valence-electron chi connectivity index (χ1n) is 4.45. The molecule has 0 aliphatic rings. The first-order chi connectivity index (χ1) is 7.16. The Kier molecular flexibility index (Phi) is 2.83. The van der Waals surface area contributed by atoms with Crippen molar-refractivity contribution in [1.29, 1.82) is 0 Å². The molecule has 0 aromatic carbocycles. The molecule has 2 aromatic rings. The van der Waals surface area contributed by atoms with Crippen LogP contribution in [0.2, 0.25) is 0 Å². The smallest absolute Gasteiger partial charge is 0.124 e. The molecule has 0 radical (unpaired) electrons. The molecule has 0 aliphatic heterocycles. The van der Waals surface area contributed by atoms with E-state index < -0.39 is 6.10 Å². The van der Waals surface area contributed by atoms with Crippen molar-refractivity contribution < 1.29 is 5.11 Å². The monoisotopic (exact) mass is 267 g/mol. The molecule has 2 aromatic heterocycles. The molecule has 78 valence electrons. The van der Waals surface area contributed by atoms with Crippen molar-refractivity contribution in [3.05, 3.63) is 46.5 Å². The third-order valence-corrected chi connectivity index (χ3v) is 2.54. The Morgan fingerprint density at radius 3 is 2.73 bits per heavy atom. The fourth-order valence-electron chi connectivity index (χ4n) is 1.30. The molecular weight excluding hydrogens is 258 g/mol. The van der Waals surface area contributed by atoms with Gasteiger partial charge in [-0.3, -0.25) is 9.67 Å². The fourth-order valence-corrected chi connectivity index (χ4v) is 1.54. The van der Waals surface area contributed by atoms with Crippen LogP contribution in [0.15, 0.2) is 35.2 Å². The summed E-state index contributed by atoms with van der Waals surface area (Å²) in [6, 6.07) is 3.63. The predicted molar refractivity (Wildman–Crippen MR) is 59.2 cm³/mol. The summed E-state index contributed by atoms with van der Waals surface area (Å²) in [7, 11) is 1.81. The first kappa shape index (κ1) is 10.3. The van der Waals surface area contributed by atoms with Crippen molar-refractivity contribution in [2.24, 2.45) is 7.05 Å². The Balaban J connectivity index is 2.28. The van der Waals surface area contributed by atoms with Crippen LogP contribution in [0.25, 0.3) is 0 Å². The molecule has 15 heavy (non-hydrogen) atoms. The third-order valence-electron chi connectivity index (χ3n) is 2.07. The van der Waals surface area contributed by atoms with Crippen LogP contribution in [-0.4, -0.2) is 19.9 Å². The molecule has 0 spiro atoms. The fraction of sp³-hybridized carbons (Fsp3) is 0.200. The topological polar surface area (TPSA) is 50.9 Å². The zero-order valence-electron chi connectivity index (χ0n) is 8.13. The molecule has 1 N–H and O–H groups in total. The number of pyridine rings is 1. The van der Waals surface area contributed by atoms with E-state index in [0.29, 0.717) is 5.69 Å². The number of hydrogen-bond acceptors (Lipinski definition) is 3. The highest BCUT2D eigenvalue weighted by molar-refractivity contribution is 9.10. The second kappa shape index (κ2) is 4.12. The van der Waals surface area contributed by atoms with E-state index in [1.807, 2.05) is 13.1 Å². The highest BCUT2D eigenvalue weighted by atomic mass is 79.9. The van der Waals surface area contributed by atoms with Crippen molar-refractivity contribution in [2.45, 2.75) is 6.10 Å². The summed E-state index contributed by atoms with van der Waals surface area (Å²) in [6.45, 7) is 0. The van der Waals surface area contributed by atoms with E-state index in [4.69, 9.17) is 0 Å². The zero-order chi connectivity index (χ0) is 10.8. The molecule has 4 nitrogen and oxygen atoms in total. The Hall–Kier alpha value is -1.20. The van der Waals surface area contributed by atoms with Crippen molar-refractivity contribution in [2.75, 3.05) is 0 Å². The minimum Gasteiger partial charge on any atom is -0.382 e. The molecule has 5 heteroatoms. The van der Waals surface area contributed by atoms with E-state index in [-0.39, 0.29) is 0 Å². The lowest BCUT2D eigenvalue weighted by atomic mass is 10.1. The van der Waals surface area contributed by atoms with E-state index in [9.17, 15) is 5.11 Å². The van der Waals surface area contributed by atoms with Gasteiger partial charge in [-0.15, -0.1) is 0 Å². The Morgan fingerprint density at radius 1 is 1.40 bits per heavy atom. The van der Waals surface area contributed by atoms with Crippen LogP contribution in [0.1, 0.15) is 17.4 Å². The molecular formula is C10H10BrN3O. The van der Waals surface area contributed by atoms with Gasteiger partial charge in [-0.1, -0.05) is 0 Å². The number of halogens is 1. The lowest BCUT2D eigenvalue weighted by Gasteiger charge is -2.06. The summed E-state index contributed by atoms with van der Waals surface area (Å²) in [5.74, 6) is 0. The molecule has 0 amide bonds. The summed E-state index contributed by atoms with van der Waals surface area (Å²) < 4.78 is 2.54. The van der Waals surface area contributed by atoms with Crippen molar-refractivity contribution in [3.63, 3.8) is 0 Å². The number of hydrogen-bond donors (Lipinski definition) is 1. The first-order valence-corrected chi connectivity index (χ1v) is 5.24. The van der Waals surface area contributed by atoms with Gasteiger partial charge < -0.3 is 5.11 Å². The van der Waals surface area contributed by atoms with Crippen LogP contribution in [0, 0.1) is 0 Å². The standard InChI is InChI=1S/C10H10BrN3O/c1-14-6-7(4-13-14)10(15)9-3-2-8(11)5-12-9/h2-6,10,15H,1H3. The quantitative estimate of drug-likeness (QED) is 0.901. The summed E-state index contributed by atoms with van der Waals surface area (Å²) in [4.78, 5) is 4.13. The maximum Gasteiger partial charge on any atom is 0.124 e. The van der Waals surface area contributed by atoms with Gasteiger partial charge in [-0.25, -0.2) is 0 Å². The second-order valence-corrected chi connectivity index (χ2v) is 4.17. The summed E-state index contributed by atoms with van der Waals surface area (Å²) in [6.07, 6.45) is 4.35. The maximum absolute atomic E-state index is 9.96. The number of aryl methyl sites for hydroxylation is 1. The number of aliphatic hydroxyl groups is 1. The van der Waals surface area contributed by atoms with Crippen LogP contribution in [0.4, 0.5) is 0 Å². The van der Waals surface area contributed by atoms with E-state index in [0.717, 1.165) is 10.0 Å². The number of aromatic nitrogens is 3. The van der Waals surface area contributed by atoms with Crippen LogP contribution in [0.5, 0.6) is 0 Å². The van der Waals surface area contributed by atoms with Crippen molar-refractivity contribution in [1.82, 2.24) is 14.8 Å². The van der Waals surface area contributed by atoms with Gasteiger partial charge in [0.25, 0.3) is 0 Å². The largest absolute Gasteiger partial charge is 0.382 e. The average Bonchev–Trinajstić information content (AvgIpc) is 2.65. The van der Waals surface area contributed by atoms with Crippen molar-refractivity contribution in [3.8, 4) is 0 Å². The van der Waals surface area contributed by atoms with Crippen LogP contribution < -0.4 is 0 Å². The van der Waals surface area contributed by atoms with Gasteiger partial charge in [0.05, 0.1) is 11.9 Å². The highest BCUT2D eigenvalue weighted by Crippen LogP contribution is 2.20. The molecule has 0 bridgehead atoms. The molecule has 2 heterocycles. The minimum atomic E-state index is -0.716. The molecule has 1 atom stereocenters. The minimum absolute atomic E-state index is 0.617. The van der Waals surface area contributed by atoms with E-state index in [1.165, 1.54) is 0 Å². The van der Waals surface area contributed by atoms with Crippen LogP contribution in [0.3, 0.4) is 0 Å². The summed E-state index contributed by atoms with van der Waals surface area (Å²) >= 11 is 3.29. The number of nitrogens with zero attached hydrogens (tertiary/aromatic N) is 3. The Bertz CT molecular complexity index is 452. The summed E-state index contributed by atoms with van der Waals surface area (Å²) in [5.41, 5.74) is 1.36. The maximum atomic E-state index is 9.96. The highest BCUT2D eigenvalue weighted by Gasteiger charge is 2.12. The normalized spacial score (nSPS) is 12.7. The van der Waals surface area contributed by atoms with Gasteiger partial charge >= 0.3 is 0 Å². The number of aliphatic hydroxyl groups excluding tert-OH is 1. The predicted octanol–water partition coefficient (Wildman–Crippen LogP) is 1.66. The lowest BCUT2D eigenvalue weighted by Crippen LogP contribution is -2.00. The zero-order valence-corrected chi connectivity index (χ0v) is 9.72. The van der Waals surface area contributed by atoms with Gasteiger partial charge in [-0.05, 0) is 28.1 Å². The van der Waals surface area contributed by atoms with E-state index in [2.05, 4.69) is 26.0 Å². The van der Waals surface area contributed by atoms with Crippen molar-refractivity contribution >= 4 is 15.9 Å². The van der Waals surface area contributed by atoms with Gasteiger partial charge in [0.2, 0.25) is 0 Å². The Morgan fingerprint density at radius 2 is 2.20 bits per heavy atom. The van der Waals surface area contributed by atoms with Crippen LogP contribution in [-0.2, 0) is 7.05 Å². The van der Waals surface area contributed by atoms with Crippen LogP contribution >= 0.6 is 15.9 Å². The second-order valence-electron chi connectivity index (χ2n) is 3.25. The summed E-state index contributed by atoms with van der Waals surface area (Å²) in [5, 5.41) is 14.0. The van der Waals surface area contributed by atoms with Gasteiger partial charge in [0.1, 0.15) is 6.10 Å². The Labute approximate surface area is 95.7 Å². The SMILES string of the molecule is Cn1cc(C(O)c2ccc(Br)cn2)cn1. The van der Waals surface area contributed by atoms with E-state index in [1.54, 1.807) is 29.3 Å². The van der Waals surface area contributed by atoms with Gasteiger partial charge in [-0.2, -0.15) is 5.10 Å². The molecule has 1 unspecified atom stereocenters. The third kappa shape index (κ3) is 2.24. The lowest BCUT2D eigenvalue weighted by molar-refractivity contribution is 0.215. The molecule has 0 saturated carbocycles. The molecule has 0 fully saturated rings. The molecule has 0 saturated heterocycles. The van der Waals surface area contributed by atoms with Gasteiger partial charge in [0.15, 0.2) is 0 Å². The molecule has 0 aliphatic carbocycles. The average molecular weight is 268 g/mol.